The summed E-state index contributed by atoms with van der Waals surface area (Å²) in [6.07, 6.45) is 8.63. The molecule has 1 heterocycles. The Balaban J connectivity index is 1.50. The fraction of sp³-hybridized carbons (Fsp3) is 0.765. The zero-order chi connectivity index (χ0) is 17.1. The third-order valence-electron chi connectivity index (χ3n) is 6.29. The highest BCUT2D eigenvalue weighted by molar-refractivity contribution is 5.80. The molecular weight excluding hydrogens is 308 g/mol. The number of rotatable bonds is 4. The zero-order valence-electron chi connectivity index (χ0n) is 14.2. The normalized spacial score (nSPS) is 35.0. The smallest absolute Gasteiger partial charge is 0.309 e. The highest BCUT2D eigenvalue weighted by atomic mass is 16.6. The fourth-order valence-corrected chi connectivity index (χ4v) is 5.60. The van der Waals surface area contributed by atoms with Crippen molar-refractivity contribution in [1.29, 1.82) is 0 Å². The van der Waals surface area contributed by atoms with Gasteiger partial charge in [-0.2, -0.15) is 5.10 Å². The quantitative estimate of drug-likeness (QED) is 0.678. The van der Waals surface area contributed by atoms with Gasteiger partial charge in [-0.15, -0.1) is 0 Å². The van der Waals surface area contributed by atoms with E-state index in [9.17, 15) is 14.9 Å². The molecule has 7 heteroatoms. The van der Waals surface area contributed by atoms with Crippen LogP contribution in [-0.2, 0) is 4.79 Å². The largest absolute Gasteiger partial charge is 0.349 e. The fourth-order valence-electron chi connectivity index (χ4n) is 5.60. The molecule has 4 aliphatic carbocycles. The molecule has 0 aliphatic heterocycles. The molecule has 1 aromatic heterocycles. The first kappa shape index (κ1) is 15.6. The molecule has 4 bridgehead atoms. The molecule has 130 valence electrons. The molecule has 0 radical (unpaired) electrons. The van der Waals surface area contributed by atoms with Crippen molar-refractivity contribution in [2.75, 3.05) is 0 Å². The summed E-state index contributed by atoms with van der Waals surface area (Å²) in [5.74, 6) is 2.22. The van der Waals surface area contributed by atoms with Crippen molar-refractivity contribution in [1.82, 2.24) is 15.1 Å². The summed E-state index contributed by atoms with van der Waals surface area (Å²) in [5, 5.41) is 18.5. The lowest BCUT2D eigenvalue weighted by atomic mass is 9.53. The van der Waals surface area contributed by atoms with Crippen LogP contribution in [0.3, 0.4) is 0 Å². The minimum absolute atomic E-state index is 0.0375. The standard InChI is InChI=1S/C17H24N4O3/c1-10-15(21(23)24)9-20(19-10)11(2)16(22)18-17-6-12-3-13(7-17)5-14(4-12)8-17/h9,11-14H,3-8H2,1-2H3,(H,18,22)/t11-,12?,13?,14?,17?/m1/s1. The van der Waals surface area contributed by atoms with E-state index in [1.807, 2.05) is 0 Å². The van der Waals surface area contributed by atoms with Crippen molar-refractivity contribution < 1.29 is 9.72 Å². The first-order valence-corrected chi connectivity index (χ1v) is 8.87. The van der Waals surface area contributed by atoms with Crippen molar-refractivity contribution in [3.05, 3.63) is 22.0 Å². The molecule has 4 saturated carbocycles. The summed E-state index contributed by atoms with van der Waals surface area (Å²) >= 11 is 0. The molecular formula is C17H24N4O3. The molecule has 24 heavy (non-hydrogen) atoms. The second-order valence-corrected chi connectivity index (χ2v) is 8.20. The highest BCUT2D eigenvalue weighted by Crippen LogP contribution is 2.55. The molecule has 4 aliphatic rings. The van der Waals surface area contributed by atoms with E-state index in [1.54, 1.807) is 13.8 Å². The van der Waals surface area contributed by atoms with Crippen LogP contribution in [0.4, 0.5) is 5.69 Å². The summed E-state index contributed by atoms with van der Waals surface area (Å²) in [4.78, 5) is 23.3. The van der Waals surface area contributed by atoms with E-state index < -0.39 is 11.0 Å². The Morgan fingerprint density at radius 1 is 1.33 bits per heavy atom. The number of nitrogens with zero attached hydrogens (tertiary/aromatic N) is 3. The van der Waals surface area contributed by atoms with Gasteiger partial charge < -0.3 is 5.32 Å². The Labute approximate surface area is 140 Å². The van der Waals surface area contributed by atoms with Gasteiger partial charge in [-0.25, -0.2) is 0 Å². The van der Waals surface area contributed by atoms with E-state index in [-0.39, 0.29) is 17.1 Å². The number of nitrogens with one attached hydrogen (secondary N) is 1. The van der Waals surface area contributed by atoms with Crippen LogP contribution in [0, 0.1) is 34.8 Å². The molecule has 1 amide bonds. The molecule has 5 rings (SSSR count). The van der Waals surface area contributed by atoms with Gasteiger partial charge in [-0.1, -0.05) is 0 Å². The predicted molar refractivity (Wildman–Crippen MR) is 87.4 cm³/mol. The minimum Gasteiger partial charge on any atom is -0.349 e. The van der Waals surface area contributed by atoms with Gasteiger partial charge in [0.05, 0.1) is 4.92 Å². The Morgan fingerprint density at radius 2 is 1.88 bits per heavy atom. The SMILES string of the molecule is Cc1nn([C@H](C)C(=O)NC23CC4CC(CC(C4)C2)C3)cc1[N+](=O)[O-]. The van der Waals surface area contributed by atoms with E-state index in [0.29, 0.717) is 5.69 Å². The lowest BCUT2D eigenvalue weighted by Crippen LogP contribution is -2.60. The van der Waals surface area contributed by atoms with Crippen molar-refractivity contribution in [2.45, 2.75) is 64.0 Å². The first-order valence-electron chi connectivity index (χ1n) is 8.87. The number of nitro groups is 1. The van der Waals surface area contributed by atoms with Gasteiger partial charge in [-0.05, 0) is 70.1 Å². The summed E-state index contributed by atoms with van der Waals surface area (Å²) in [5.41, 5.74) is 0.257. The third kappa shape index (κ3) is 2.50. The number of hydrogen-bond acceptors (Lipinski definition) is 4. The van der Waals surface area contributed by atoms with Crippen molar-refractivity contribution in [3.8, 4) is 0 Å². The third-order valence-corrected chi connectivity index (χ3v) is 6.29. The number of hydrogen-bond donors (Lipinski definition) is 1. The Kier molecular flexibility index (Phi) is 3.44. The lowest BCUT2D eigenvalue weighted by Gasteiger charge is -2.57. The maximum atomic E-state index is 12.8. The molecule has 0 unspecified atom stereocenters. The van der Waals surface area contributed by atoms with Crippen molar-refractivity contribution in [3.63, 3.8) is 0 Å². The van der Waals surface area contributed by atoms with E-state index in [0.717, 1.165) is 37.0 Å². The number of carbonyl (C=O) groups is 1. The predicted octanol–water partition coefficient (Wildman–Crippen LogP) is 2.75. The van der Waals surface area contributed by atoms with E-state index in [1.165, 1.54) is 30.1 Å². The summed E-state index contributed by atoms with van der Waals surface area (Å²) in [7, 11) is 0. The van der Waals surface area contributed by atoms with Crippen LogP contribution in [0.1, 0.15) is 57.2 Å². The molecule has 7 nitrogen and oxygen atoms in total. The second-order valence-electron chi connectivity index (χ2n) is 8.20. The topological polar surface area (TPSA) is 90.1 Å². The Bertz CT molecular complexity index is 661. The minimum atomic E-state index is -0.537. The maximum absolute atomic E-state index is 12.8. The van der Waals surface area contributed by atoms with Crippen LogP contribution in [0.15, 0.2) is 6.20 Å². The first-order chi connectivity index (χ1) is 11.3. The van der Waals surface area contributed by atoms with E-state index in [2.05, 4.69) is 10.4 Å². The van der Waals surface area contributed by atoms with Crippen LogP contribution in [-0.4, -0.2) is 26.1 Å². The van der Waals surface area contributed by atoms with Gasteiger partial charge in [0.2, 0.25) is 5.91 Å². The molecule has 1 atom stereocenters. The van der Waals surface area contributed by atoms with E-state index >= 15 is 0 Å². The molecule has 0 saturated heterocycles. The van der Waals surface area contributed by atoms with Gasteiger partial charge in [0.1, 0.15) is 17.9 Å². The summed E-state index contributed by atoms with van der Waals surface area (Å²) in [6, 6.07) is -0.537. The molecule has 0 aromatic carbocycles. The molecule has 4 fully saturated rings. The maximum Gasteiger partial charge on any atom is 0.309 e. The van der Waals surface area contributed by atoms with Crippen LogP contribution in [0.25, 0.3) is 0 Å². The van der Waals surface area contributed by atoms with Crippen molar-refractivity contribution in [2.24, 2.45) is 17.8 Å². The molecule has 1 aromatic rings. The van der Waals surface area contributed by atoms with Crippen molar-refractivity contribution >= 4 is 11.6 Å². The number of aryl methyl sites for hydroxylation is 1. The van der Waals surface area contributed by atoms with Gasteiger partial charge >= 0.3 is 5.69 Å². The highest BCUT2D eigenvalue weighted by Gasteiger charge is 2.51. The average Bonchev–Trinajstić information content (AvgIpc) is 2.86. The molecule has 0 spiro atoms. The molecule has 1 N–H and O–H groups in total. The second kappa shape index (κ2) is 5.29. The lowest BCUT2D eigenvalue weighted by molar-refractivity contribution is -0.385. The van der Waals surface area contributed by atoms with Crippen LogP contribution >= 0.6 is 0 Å². The van der Waals surface area contributed by atoms with Gasteiger partial charge in [-0.3, -0.25) is 19.6 Å². The van der Waals surface area contributed by atoms with Gasteiger partial charge in [0.15, 0.2) is 0 Å². The van der Waals surface area contributed by atoms with Crippen LogP contribution in [0.5, 0.6) is 0 Å². The van der Waals surface area contributed by atoms with Crippen LogP contribution in [0.2, 0.25) is 0 Å². The number of carbonyl (C=O) groups excluding carboxylic acids is 1. The van der Waals surface area contributed by atoms with Crippen LogP contribution < -0.4 is 5.32 Å². The van der Waals surface area contributed by atoms with Gasteiger partial charge in [0.25, 0.3) is 0 Å². The Hall–Kier alpha value is -1.92. The monoisotopic (exact) mass is 332 g/mol. The zero-order valence-corrected chi connectivity index (χ0v) is 14.2. The average molecular weight is 332 g/mol. The summed E-state index contributed by atoms with van der Waals surface area (Å²) in [6.45, 7) is 3.35. The number of amides is 1. The Morgan fingerprint density at radius 3 is 2.33 bits per heavy atom. The number of aromatic nitrogens is 2. The summed E-state index contributed by atoms with van der Waals surface area (Å²) < 4.78 is 1.42. The van der Waals surface area contributed by atoms with Gasteiger partial charge in [0, 0.05) is 5.54 Å². The van der Waals surface area contributed by atoms with E-state index in [4.69, 9.17) is 0 Å².